The Morgan fingerprint density at radius 1 is 1.40 bits per heavy atom. The molecule has 0 saturated heterocycles. The number of nitrogens with zero attached hydrogens (tertiary/aromatic N) is 1. The largest absolute Gasteiger partial charge is 0.461 e. The van der Waals surface area contributed by atoms with Gasteiger partial charge in [0, 0.05) is 37.3 Å². The van der Waals surface area contributed by atoms with Gasteiger partial charge in [-0.05, 0) is 19.7 Å². The zero-order valence-electron chi connectivity index (χ0n) is 13.2. The second-order valence-corrected chi connectivity index (χ2v) is 5.63. The zero-order chi connectivity index (χ0) is 14.8. The van der Waals surface area contributed by atoms with Crippen LogP contribution in [-0.4, -0.2) is 25.2 Å². The van der Waals surface area contributed by atoms with Gasteiger partial charge in [-0.25, -0.2) is 0 Å². The van der Waals surface area contributed by atoms with Crippen LogP contribution in [0.15, 0.2) is 0 Å². The molecule has 2 heterocycles. The topological polar surface area (TPSA) is 40.6 Å². The fourth-order valence-corrected chi connectivity index (χ4v) is 2.44. The Bertz CT molecular complexity index is 488. The van der Waals surface area contributed by atoms with Gasteiger partial charge in [0.05, 0.1) is 18.9 Å². The number of pyridine rings is 1. The molecule has 20 heavy (non-hydrogen) atoms. The lowest BCUT2D eigenvalue weighted by atomic mass is 9.94. The molecule has 0 radical (unpaired) electrons. The molecule has 1 aromatic rings. The van der Waals surface area contributed by atoms with Crippen LogP contribution in [0.3, 0.4) is 0 Å². The third-order valence-electron chi connectivity index (χ3n) is 3.46. The van der Waals surface area contributed by atoms with Crippen molar-refractivity contribution in [3.8, 4) is 5.75 Å². The summed E-state index contributed by atoms with van der Waals surface area (Å²) in [4.78, 5) is 4.69. The van der Waals surface area contributed by atoms with E-state index in [2.05, 4.69) is 19.8 Å². The third-order valence-corrected chi connectivity index (χ3v) is 3.46. The second-order valence-electron chi connectivity index (χ2n) is 5.63. The van der Waals surface area contributed by atoms with Crippen molar-refractivity contribution in [3.05, 3.63) is 22.5 Å². The predicted octanol–water partition coefficient (Wildman–Crippen LogP) is 2.09. The molecule has 5 heteroatoms. The van der Waals surface area contributed by atoms with Gasteiger partial charge in [-0.1, -0.05) is 6.92 Å². The molecule has 0 aliphatic carbocycles. The van der Waals surface area contributed by atoms with Crippen LogP contribution in [-0.2, 0) is 29.0 Å². The normalized spacial score (nSPS) is 16.6. The van der Waals surface area contributed by atoms with E-state index in [4.69, 9.17) is 14.2 Å². The van der Waals surface area contributed by atoms with Crippen LogP contribution in [0.5, 0.6) is 5.75 Å². The first-order valence-corrected chi connectivity index (χ1v) is 7.40. The van der Waals surface area contributed by atoms with E-state index in [1.807, 2.05) is 20.8 Å². The molecule has 0 saturated carbocycles. The van der Waals surface area contributed by atoms with E-state index >= 15 is 0 Å². The molecule has 0 N–H and O–H groups in total. The van der Waals surface area contributed by atoms with Gasteiger partial charge in [0.25, 0.3) is 0 Å². The molecule has 1 aromatic heterocycles. The summed E-state index contributed by atoms with van der Waals surface area (Å²) in [6.07, 6.45) is 1.91. The first-order chi connectivity index (χ1) is 9.48. The van der Waals surface area contributed by atoms with Crippen molar-refractivity contribution >= 4 is 7.85 Å². The summed E-state index contributed by atoms with van der Waals surface area (Å²) in [6.45, 7) is 9.86. The first-order valence-electron chi connectivity index (χ1n) is 7.40. The highest BCUT2D eigenvalue weighted by Crippen LogP contribution is 2.36. The van der Waals surface area contributed by atoms with Gasteiger partial charge in [0.2, 0.25) is 5.79 Å². The van der Waals surface area contributed by atoms with E-state index in [-0.39, 0.29) is 0 Å². The molecular weight excluding hydrogens is 253 g/mol. The number of aryl methyl sites for hydroxylation is 1. The summed E-state index contributed by atoms with van der Waals surface area (Å²) in [5.41, 5.74) is 4.26. The second kappa shape index (κ2) is 6.14. The molecule has 0 unspecified atom stereocenters. The molecule has 0 bridgehead atoms. The van der Waals surface area contributed by atoms with Gasteiger partial charge < -0.3 is 14.2 Å². The van der Waals surface area contributed by atoms with Crippen LogP contribution in [0.2, 0.25) is 0 Å². The van der Waals surface area contributed by atoms with Gasteiger partial charge in [-0.2, -0.15) is 0 Å². The minimum absolute atomic E-state index is 0.559. The van der Waals surface area contributed by atoms with Crippen LogP contribution in [0, 0.1) is 6.92 Å². The standard InChI is InChI=1S/C15H24BNO3/c1-5-6-18-8-11-12-9-19-15(3,4)20-14(12)10(2)17-13(11)7-16/h5-9,16H2,1-4H3. The van der Waals surface area contributed by atoms with E-state index in [0.29, 0.717) is 13.2 Å². The molecule has 0 atom stereocenters. The highest BCUT2D eigenvalue weighted by atomic mass is 16.7. The maximum atomic E-state index is 5.96. The summed E-state index contributed by atoms with van der Waals surface area (Å²) < 4.78 is 17.5. The number of rotatable bonds is 5. The van der Waals surface area contributed by atoms with Crippen LogP contribution < -0.4 is 4.74 Å². The fourth-order valence-electron chi connectivity index (χ4n) is 2.44. The number of hydrogen-bond donors (Lipinski definition) is 0. The highest BCUT2D eigenvalue weighted by Gasteiger charge is 2.31. The summed E-state index contributed by atoms with van der Waals surface area (Å²) in [5.74, 6) is 0.280. The van der Waals surface area contributed by atoms with Crippen molar-refractivity contribution < 1.29 is 14.2 Å². The van der Waals surface area contributed by atoms with Gasteiger partial charge in [0.1, 0.15) is 13.6 Å². The lowest BCUT2D eigenvalue weighted by molar-refractivity contribution is -0.181. The van der Waals surface area contributed by atoms with Crippen molar-refractivity contribution in [1.82, 2.24) is 4.98 Å². The Balaban J connectivity index is 2.39. The minimum atomic E-state index is -0.589. The summed E-state index contributed by atoms with van der Waals surface area (Å²) in [6, 6.07) is 0. The summed E-state index contributed by atoms with van der Waals surface area (Å²) in [5, 5.41) is 0. The van der Waals surface area contributed by atoms with Gasteiger partial charge >= 0.3 is 0 Å². The van der Waals surface area contributed by atoms with E-state index < -0.39 is 5.79 Å². The molecule has 1 aliphatic rings. The number of aromatic nitrogens is 1. The van der Waals surface area contributed by atoms with Gasteiger partial charge in [-0.3, -0.25) is 4.98 Å². The van der Waals surface area contributed by atoms with Gasteiger partial charge in [-0.15, -0.1) is 0 Å². The van der Waals surface area contributed by atoms with Crippen LogP contribution in [0.4, 0.5) is 0 Å². The van der Waals surface area contributed by atoms with Crippen molar-refractivity contribution in [2.24, 2.45) is 0 Å². The Hall–Kier alpha value is -1.07. The summed E-state index contributed by atoms with van der Waals surface area (Å²) >= 11 is 0. The first kappa shape index (κ1) is 15.3. The minimum Gasteiger partial charge on any atom is -0.461 e. The van der Waals surface area contributed by atoms with E-state index in [9.17, 15) is 0 Å². The monoisotopic (exact) mass is 277 g/mol. The zero-order valence-corrected chi connectivity index (χ0v) is 13.2. The van der Waals surface area contributed by atoms with Crippen LogP contribution >= 0.6 is 0 Å². The van der Waals surface area contributed by atoms with Crippen LogP contribution in [0.1, 0.15) is 49.7 Å². The molecular formula is C15H24BNO3. The smallest absolute Gasteiger partial charge is 0.205 e. The molecule has 2 rings (SSSR count). The number of ether oxygens (including phenoxy) is 3. The third kappa shape index (κ3) is 3.15. The van der Waals surface area contributed by atoms with Gasteiger partial charge in [0.15, 0.2) is 0 Å². The number of hydrogen-bond acceptors (Lipinski definition) is 4. The van der Waals surface area contributed by atoms with Crippen molar-refractivity contribution in [3.63, 3.8) is 0 Å². The lowest BCUT2D eigenvalue weighted by Gasteiger charge is -2.34. The molecule has 0 spiro atoms. The Labute approximate surface area is 122 Å². The number of fused-ring (bicyclic) bond motifs is 1. The quantitative estimate of drug-likeness (QED) is 0.610. The summed E-state index contributed by atoms with van der Waals surface area (Å²) in [7, 11) is 2.12. The van der Waals surface area contributed by atoms with E-state index in [0.717, 1.165) is 47.6 Å². The molecule has 0 aromatic carbocycles. The Morgan fingerprint density at radius 3 is 2.80 bits per heavy atom. The molecule has 110 valence electrons. The van der Waals surface area contributed by atoms with Crippen LogP contribution in [0.25, 0.3) is 0 Å². The molecule has 0 fully saturated rings. The van der Waals surface area contributed by atoms with Crippen molar-refractivity contribution in [2.45, 2.75) is 59.4 Å². The lowest BCUT2D eigenvalue weighted by Crippen LogP contribution is -2.36. The predicted molar refractivity (Wildman–Crippen MR) is 80.7 cm³/mol. The Morgan fingerprint density at radius 2 is 2.15 bits per heavy atom. The highest BCUT2D eigenvalue weighted by molar-refractivity contribution is 6.08. The average molecular weight is 277 g/mol. The van der Waals surface area contributed by atoms with Crippen molar-refractivity contribution in [2.75, 3.05) is 6.61 Å². The van der Waals surface area contributed by atoms with E-state index in [1.54, 1.807) is 0 Å². The van der Waals surface area contributed by atoms with Crippen molar-refractivity contribution in [1.29, 1.82) is 0 Å². The van der Waals surface area contributed by atoms with E-state index in [1.165, 1.54) is 0 Å². The molecule has 0 amide bonds. The molecule has 4 nitrogen and oxygen atoms in total. The maximum absolute atomic E-state index is 5.96. The Kier molecular flexibility index (Phi) is 4.71. The fraction of sp³-hybridized carbons (Fsp3) is 0.667. The molecule has 1 aliphatic heterocycles. The average Bonchev–Trinajstić information content (AvgIpc) is 2.40. The maximum Gasteiger partial charge on any atom is 0.205 e. The SMILES string of the molecule is BCc1nc(C)c2c(c1COCCC)COC(C)(C)O2.